The van der Waals surface area contributed by atoms with Gasteiger partial charge in [0.2, 0.25) is 0 Å². The monoisotopic (exact) mass is 231 g/mol. The van der Waals surface area contributed by atoms with Gasteiger partial charge in [-0.2, -0.15) is 13.2 Å². The minimum Gasteiger partial charge on any atom is -0.492 e. The molecule has 1 aliphatic rings. The first-order valence-corrected chi connectivity index (χ1v) is 5.01. The quantitative estimate of drug-likeness (QED) is 0.802. The van der Waals surface area contributed by atoms with Crippen LogP contribution in [0.3, 0.4) is 0 Å². The van der Waals surface area contributed by atoms with Crippen molar-refractivity contribution in [2.75, 3.05) is 6.61 Å². The van der Waals surface area contributed by atoms with E-state index in [1.165, 1.54) is 12.1 Å². The van der Waals surface area contributed by atoms with E-state index < -0.39 is 12.6 Å². The lowest BCUT2D eigenvalue weighted by Crippen LogP contribution is -2.33. The number of hydrogen-bond donors (Lipinski definition) is 1. The van der Waals surface area contributed by atoms with E-state index in [-0.39, 0.29) is 11.6 Å². The summed E-state index contributed by atoms with van der Waals surface area (Å²) in [4.78, 5) is 0. The molecule has 0 aliphatic carbocycles. The molecule has 0 saturated carbocycles. The Kier molecular flexibility index (Phi) is 2.80. The van der Waals surface area contributed by atoms with Crippen LogP contribution >= 0.6 is 0 Å². The number of rotatable bonds is 1. The van der Waals surface area contributed by atoms with Crippen molar-refractivity contribution in [3.8, 4) is 5.75 Å². The van der Waals surface area contributed by atoms with Crippen molar-refractivity contribution in [3.05, 3.63) is 29.3 Å². The predicted molar refractivity (Wildman–Crippen MR) is 53.4 cm³/mol. The van der Waals surface area contributed by atoms with Crippen LogP contribution in [0.4, 0.5) is 13.2 Å². The topological polar surface area (TPSA) is 35.2 Å². The molecule has 0 radical (unpaired) electrons. The molecule has 0 fully saturated rings. The Bertz CT molecular complexity index is 389. The lowest BCUT2D eigenvalue weighted by Gasteiger charge is -2.23. The molecule has 2 N–H and O–H groups in total. The van der Waals surface area contributed by atoms with Gasteiger partial charge in [0.25, 0.3) is 0 Å². The predicted octanol–water partition coefficient (Wildman–Crippen LogP) is 2.05. The third-order valence-corrected chi connectivity index (χ3v) is 2.46. The van der Waals surface area contributed by atoms with Crippen LogP contribution in [0.15, 0.2) is 18.2 Å². The molecule has 0 bridgehead atoms. The lowest BCUT2D eigenvalue weighted by molar-refractivity contribution is -0.127. The van der Waals surface area contributed by atoms with Crippen molar-refractivity contribution in [1.82, 2.24) is 0 Å². The molecule has 1 aromatic carbocycles. The van der Waals surface area contributed by atoms with Crippen molar-refractivity contribution >= 4 is 0 Å². The highest BCUT2D eigenvalue weighted by Gasteiger charge is 2.28. The summed E-state index contributed by atoms with van der Waals surface area (Å²) in [6.45, 7) is 0.422. The number of benzene rings is 1. The van der Waals surface area contributed by atoms with Gasteiger partial charge in [0, 0.05) is 6.04 Å². The Labute approximate surface area is 91.2 Å². The second-order valence-electron chi connectivity index (χ2n) is 4.01. The Hall–Kier alpha value is -1.23. The zero-order valence-corrected chi connectivity index (χ0v) is 8.55. The van der Waals surface area contributed by atoms with Gasteiger partial charge < -0.3 is 10.5 Å². The van der Waals surface area contributed by atoms with Crippen LogP contribution in [0.1, 0.15) is 11.1 Å². The van der Waals surface area contributed by atoms with Crippen molar-refractivity contribution in [2.24, 2.45) is 5.73 Å². The number of fused-ring (bicyclic) bond motifs is 1. The molecule has 0 amide bonds. The minimum atomic E-state index is -4.17. The Morgan fingerprint density at radius 2 is 2.12 bits per heavy atom. The second-order valence-corrected chi connectivity index (χ2v) is 4.01. The number of alkyl halides is 3. The first-order chi connectivity index (χ1) is 7.44. The van der Waals surface area contributed by atoms with Crippen LogP contribution in [0.2, 0.25) is 0 Å². The second kappa shape index (κ2) is 3.97. The van der Waals surface area contributed by atoms with Crippen LogP contribution in [0.25, 0.3) is 0 Å². The summed E-state index contributed by atoms with van der Waals surface area (Å²) in [7, 11) is 0. The third kappa shape index (κ3) is 2.66. The highest BCUT2D eigenvalue weighted by Crippen LogP contribution is 2.28. The zero-order chi connectivity index (χ0) is 11.8. The van der Waals surface area contributed by atoms with Gasteiger partial charge in [-0.25, -0.2) is 0 Å². The first-order valence-electron chi connectivity index (χ1n) is 5.01. The molecule has 16 heavy (non-hydrogen) atoms. The molecule has 88 valence electrons. The van der Waals surface area contributed by atoms with Gasteiger partial charge in [-0.1, -0.05) is 12.1 Å². The standard InChI is InChI=1S/C11H12F3NO/c12-11(13,14)5-7-1-2-10-8(3-7)4-9(15)6-16-10/h1-3,9H,4-6,15H2/t9-/m1/s1. The van der Waals surface area contributed by atoms with E-state index in [0.717, 1.165) is 5.56 Å². The lowest BCUT2D eigenvalue weighted by atomic mass is 9.99. The fourth-order valence-corrected chi connectivity index (χ4v) is 1.81. The van der Waals surface area contributed by atoms with E-state index in [1.807, 2.05) is 0 Å². The summed E-state index contributed by atoms with van der Waals surface area (Å²) in [5.74, 6) is 0.646. The minimum absolute atomic E-state index is 0.131. The Balaban J connectivity index is 2.21. The van der Waals surface area contributed by atoms with Crippen molar-refractivity contribution in [1.29, 1.82) is 0 Å². The van der Waals surface area contributed by atoms with Crippen LogP contribution in [-0.4, -0.2) is 18.8 Å². The number of hydrogen-bond acceptors (Lipinski definition) is 2. The van der Waals surface area contributed by atoms with Gasteiger partial charge in [-0.05, 0) is 23.6 Å². The summed E-state index contributed by atoms with van der Waals surface area (Å²) >= 11 is 0. The van der Waals surface area contributed by atoms with E-state index in [2.05, 4.69) is 0 Å². The molecule has 1 aliphatic heterocycles. The van der Waals surface area contributed by atoms with E-state index >= 15 is 0 Å². The molecular formula is C11H12F3NO. The molecule has 1 aromatic rings. The Morgan fingerprint density at radius 1 is 1.38 bits per heavy atom. The number of nitrogens with two attached hydrogens (primary N) is 1. The SMILES string of the molecule is N[C@H]1COc2ccc(CC(F)(F)F)cc2C1. The van der Waals surface area contributed by atoms with Crippen molar-refractivity contribution in [3.63, 3.8) is 0 Å². The van der Waals surface area contributed by atoms with Gasteiger partial charge in [0.1, 0.15) is 12.4 Å². The van der Waals surface area contributed by atoms with Gasteiger partial charge >= 0.3 is 6.18 Å². The van der Waals surface area contributed by atoms with Gasteiger partial charge in [-0.3, -0.25) is 0 Å². The molecule has 1 atom stereocenters. The average molecular weight is 231 g/mol. The zero-order valence-electron chi connectivity index (χ0n) is 8.55. The number of halogens is 3. The van der Waals surface area contributed by atoms with Crippen molar-refractivity contribution < 1.29 is 17.9 Å². The Morgan fingerprint density at radius 3 is 2.81 bits per heavy atom. The molecule has 1 heterocycles. The summed E-state index contributed by atoms with van der Waals surface area (Å²) in [6, 6.07) is 4.43. The van der Waals surface area contributed by atoms with Gasteiger partial charge in [-0.15, -0.1) is 0 Å². The van der Waals surface area contributed by atoms with Crippen molar-refractivity contribution in [2.45, 2.75) is 25.1 Å². The maximum atomic E-state index is 12.2. The highest BCUT2D eigenvalue weighted by molar-refractivity contribution is 5.39. The molecule has 0 spiro atoms. The van der Waals surface area contributed by atoms with Crippen LogP contribution < -0.4 is 10.5 Å². The normalized spacial score (nSPS) is 20.1. The first kappa shape index (κ1) is 11.3. The van der Waals surface area contributed by atoms with E-state index in [1.54, 1.807) is 6.07 Å². The summed E-state index contributed by atoms with van der Waals surface area (Å²) < 4.78 is 41.9. The van der Waals surface area contributed by atoms with Crippen LogP contribution in [-0.2, 0) is 12.8 Å². The maximum absolute atomic E-state index is 12.2. The molecule has 0 unspecified atom stereocenters. The summed E-state index contributed by atoms with van der Waals surface area (Å²) in [5, 5.41) is 0. The molecule has 2 nitrogen and oxygen atoms in total. The molecule has 0 aromatic heterocycles. The van der Waals surface area contributed by atoms with E-state index in [0.29, 0.717) is 18.8 Å². The summed E-state index contributed by atoms with van der Waals surface area (Å²) in [6.07, 6.45) is -4.51. The third-order valence-electron chi connectivity index (χ3n) is 2.46. The van der Waals surface area contributed by atoms with Crippen LogP contribution in [0.5, 0.6) is 5.75 Å². The molecule has 0 saturated heterocycles. The van der Waals surface area contributed by atoms with Gasteiger partial charge in [0.05, 0.1) is 6.42 Å². The fraction of sp³-hybridized carbons (Fsp3) is 0.455. The molecular weight excluding hydrogens is 219 g/mol. The van der Waals surface area contributed by atoms with E-state index in [9.17, 15) is 13.2 Å². The molecule has 5 heteroatoms. The van der Waals surface area contributed by atoms with Gasteiger partial charge in [0.15, 0.2) is 0 Å². The molecule has 2 rings (SSSR count). The highest BCUT2D eigenvalue weighted by atomic mass is 19.4. The smallest absolute Gasteiger partial charge is 0.393 e. The largest absolute Gasteiger partial charge is 0.492 e. The average Bonchev–Trinajstić information content (AvgIpc) is 2.14. The van der Waals surface area contributed by atoms with Crippen LogP contribution in [0, 0.1) is 0 Å². The maximum Gasteiger partial charge on any atom is 0.393 e. The summed E-state index contributed by atoms with van der Waals surface area (Å²) in [5.41, 5.74) is 6.70. The number of ether oxygens (including phenoxy) is 1. The van der Waals surface area contributed by atoms with E-state index in [4.69, 9.17) is 10.5 Å². The fourth-order valence-electron chi connectivity index (χ4n) is 1.81.